The normalized spacial score (nSPS) is 11.9. The van der Waals surface area contributed by atoms with Crippen LogP contribution >= 0.6 is 0 Å². The van der Waals surface area contributed by atoms with Gasteiger partial charge in [0.2, 0.25) is 5.95 Å². The van der Waals surface area contributed by atoms with Gasteiger partial charge in [-0.2, -0.15) is 0 Å². The molecule has 3 aromatic heterocycles. The first-order valence-electron chi connectivity index (χ1n) is 21.2. The average Bonchev–Trinajstić information content (AvgIpc) is 3.86. The lowest BCUT2D eigenvalue weighted by Crippen LogP contribution is -2.03. The van der Waals surface area contributed by atoms with Crippen LogP contribution in [-0.2, 0) is 0 Å². The fourth-order valence-electron chi connectivity index (χ4n) is 10.0. The van der Waals surface area contributed by atoms with Crippen LogP contribution < -0.4 is 0 Å². The first-order valence-corrected chi connectivity index (χ1v) is 21.2. The van der Waals surface area contributed by atoms with Gasteiger partial charge in [0.05, 0.1) is 33.3 Å². The summed E-state index contributed by atoms with van der Waals surface area (Å²) in [6.07, 6.45) is 0. The van der Waals surface area contributed by atoms with Gasteiger partial charge in [0.1, 0.15) is 0 Å². The summed E-state index contributed by atoms with van der Waals surface area (Å²) in [5.41, 5.74) is 13.4. The number of benzene rings is 10. The highest BCUT2D eigenvalue weighted by molar-refractivity contribution is 6.25. The summed E-state index contributed by atoms with van der Waals surface area (Å²) in [5.74, 6) is 0.659. The zero-order valence-corrected chi connectivity index (χ0v) is 33.6. The SMILES string of the molecule is c1ccc(-c2nc(-n3c4ccccc4c4cc(-c5ccc(-c6cc7c(c8ccccc68)c6ccccc6n7-c6ccccc6)c6ccccc56)ccc43)nc3ccccc23)cc1. The van der Waals surface area contributed by atoms with Crippen LogP contribution in [0.3, 0.4) is 0 Å². The Labute approximate surface area is 357 Å². The molecular weight excluding hydrogens is 753 g/mol. The molecular formula is C58H36N4. The Morgan fingerprint density at radius 2 is 0.839 bits per heavy atom. The van der Waals surface area contributed by atoms with Gasteiger partial charge in [-0.05, 0) is 92.3 Å². The fourth-order valence-corrected chi connectivity index (χ4v) is 10.0. The predicted octanol–water partition coefficient (Wildman–Crippen LogP) is 15.1. The Morgan fingerprint density at radius 1 is 0.290 bits per heavy atom. The third kappa shape index (κ3) is 5.14. The summed E-state index contributed by atoms with van der Waals surface area (Å²) in [6, 6.07) is 78.6. The summed E-state index contributed by atoms with van der Waals surface area (Å²) in [5, 5.41) is 10.8. The summed E-state index contributed by atoms with van der Waals surface area (Å²) in [4.78, 5) is 10.5. The molecule has 10 aromatic carbocycles. The van der Waals surface area contributed by atoms with E-state index in [1.165, 1.54) is 60.0 Å². The number of rotatable bonds is 5. The molecule has 0 aliphatic heterocycles. The molecule has 0 unspecified atom stereocenters. The fraction of sp³-hybridized carbons (Fsp3) is 0. The molecule has 0 saturated heterocycles. The number of hydrogen-bond acceptors (Lipinski definition) is 2. The van der Waals surface area contributed by atoms with Gasteiger partial charge in [0.15, 0.2) is 0 Å². The Kier molecular flexibility index (Phi) is 7.57. The summed E-state index contributed by atoms with van der Waals surface area (Å²) in [6.45, 7) is 0. The van der Waals surface area contributed by atoms with Gasteiger partial charge in [-0.15, -0.1) is 0 Å². The number of hydrogen-bond donors (Lipinski definition) is 0. The Bertz CT molecular complexity index is 3920. The first kappa shape index (κ1) is 34.5. The molecule has 3 heterocycles. The van der Waals surface area contributed by atoms with Gasteiger partial charge in [-0.1, -0.05) is 170 Å². The van der Waals surface area contributed by atoms with Crippen molar-refractivity contribution in [2.75, 3.05) is 0 Å². The standard InChI is InChI=1S/C58H36N4/c1-3-17-37(18-4-1)57-47-26-11-14-28-51(47)59-58(60-57)62-52-29-15-12-24-45(52)50-35-38(31-34-54(50)62)40-32-33-44(42-22-8-7-21-41(40)42)49-36-55-56(46-25-10-9-23-43(46)49)48-27-13-16-30-53(48)61(55)39-19-5-2-6-20-39/h1-36H. The van der Waals surface area contributed by atoms with E-state index < -0.39 is 0 Å². The molecule has 62 heavy (non-hydrogen) atoms. The van der Waals surface area contributed by atoms with Crippen molar-refractivity contribution < 1.29 is 0 Å². The second-order valence-corrected chi connectivity index (χ2v) is 16.1. The molecule has 0 saturated carbocycles. The second-order valence-electron chi connectivity index (χ2n) is 16.1. The smallest absolute Gasteiger partial charge is 0.235 e. The molecule has 13 rings (SSSR count). The highest BCUT2D eigenvalue weighted by atomic mass is 15.2. The van der Waals surface area contributed by atoms with Crippen LogP contribution in [0.4, 0.5) is 0 Å². The third-order valence-electron chi connectivity index (χ3n) is 12.7. The molecule has 4 heteroatoms. The van der Waals surface area contributed by atoms with Gasteiger partial charge in [-0.25, -0.2) is 9.97 Å². The van der Waals surface area contributed by atoms with Crippen molar-refractivity contribution >= 4 is 76.1 Å². The summed E-state index contributed by atoms with van der Waals surface area (Å²) in [7, 11) is 0. The van der Waals surface area contributed by atoms with Crippen LogP contribution in [0.1, 0.15) is 0 Å². The van der Waals surface area contributed by atoms with Crippen LogP contribution in [-0.4, -0.2) is 19.1 Å². The second kappa shape index (κ2) is 13.6. The summed E-state index contributed by atoms with van der Waals surface area (Å²) >= 11 is 0. The van der Waals surface area contributed by atoms with E-state index in [0.717, 1.165) is 55.2 Å². The maximum absolute atomic E-state index is 5.30. The van der Waals surface area contributed by atoms with E-state index in [-0.39, 0.29) is 0 Å². The van der Waals surface area contributed by atoms with Crippen molar-refractivity contribution in [2.45, 2.75) is 0 Å². The van der Waals surface area contributed by atoms with E-state index in [9.17, 15) is 0 Å². The number of para-hydroxylation sites is 4. The zero-order valence-electron chi connectivity index (χ0n) is 33.6. The van der Waals surface area contributed by atoms with E-state index in [2.05, 4.69) is 215 Å². The van der Waals surface area contributed by atoms with Gasteiger partial charge in [0, 0.05) is 38.2 Å². The Balaban J connectivity index is 1.02. The van der Waals surface area contributed by atoms with E-state index in [4.69, 9.17) is 9.97 Å². The molecule has 0 aliphatic carbocycles. The zero-order chi connectivity index (χ0) is 40.7. The largest absolute Gasteiger partial charge is 0.309 e. The third-order valence-corrected chi connectivity index (χ3v) is 12.7. The van der Waals surface area contributed by atoms with Crippen LogP contribution in [0, 0.1) is 0 Å². The van der Waals surface area contributed by atoms with Crippen LogP contribution in [0.25, 0.3) is 121 Å². The van der Waals surface area contributed by atoms with Crippen molar-refractivity contribution in [2.24, 2.45) is 0 Å². The van der Waals surface area contributed by atoms with Crippen LogP contribution in [0.15, 0.2) is 218 Å². The quantitative estimate of drug-likeness (QED) is 0.174. The molecule has 4 nitrogen and oxygen atoms in total. The van der Waals surface area contributed by atoms with Gasteiger partial charge in [-0.3, -0.25) is 4.57 Å². The number of fused-ring (bicyclic) bond motifs is 10. The van der Waals surface area contributed by atoms with Crippen molar-refractivity contribution in [3.63, 3.8) is 0 Å². The molecule has 0 radical (unpaired) electrons. The lowest BCUT2D eigenvalue weighted by molar-refractivity contribution is 1.01. The molecule has 0 spiro atoms. The van der Waals surface area contributed by atoms with Gasteiger partial charge in [0.25, 0.3) is 0 Å². The number of nitrogens with zero attached hydrogens (tertiary/aromatic N) is 4. The summed E-state index contributed by atoms with van der Waals surface area (Å²) < 4.78 is 4.65. The van der Waals surface area contributed by atoms with Crippen LogP contribution in [0.2, 0.25) is 0 Å². The molecule has 0 amide bonds. The maximum atomic E-state index is 5.30. The Morgan fingerprint density at radius 3 is 1.60 bits per heavy atom. The molecule has 0 N–H and O–H groups in total. The molecule has 288 valence electrons. The Hall–Kier alpha value is -8.34. The number of aromatic nitrogens is 4. The minimum Gasteiger partial charge on any atom is -0.309 e. The molecule has 13 aromatic rings. The van der Waals surface area contributed by atoms with Crippen molar-refractivity contribution in [1.29, 1.82) is 0 Å². The first-order chi connectivity index (χ1) is 30.8. The van der Waals surface area contributed by atoms with Crippen molar-refractivity contribution in [3.8, 4) is 45.1 Å². The lowest BCUT2D eigenvalue weighted by Gasteiger charge is -2.16. The molecule has 0 bridgehead atoms. The van der Waals surface area contributed by atoms with Crippen LogP contribution in [0.5, 0.6) is 0 Å². The highest BCUT2D eigenvalue weighted by Crippen LogP contribution is 2.45. The maximum Gasteiger partial charge on any atom is 0.235 e. The van der Waals surface area contributed by atoms with E-state index in [1.807, 2.05) is 12.1 Å². The topological polar surface area (TPSA) is 35.6 Å². The highest BCUT2D eigenvalue weighted by Gasteiger charge is 2.21. The molecule has 0 atom stereocenters. The lowest BCUT2D eigenvalue weighted by atomic mass is 9.89. The molecule has 0 aliphatic rings. The average molecular weight is 789 g/mol. The minimum absolute atomic E-state index is 0.659. The van der Waals surface area contributed by atoms with Crippen molar-refractivity contribution in [1.82, 2.24) is 19.1 Å². The monoisotopic (exact) mass is 788 g/mol. The molecule has 0 fully saturated rings. The van der Waals surface area contributed by atoms with Crippen molar-refractivity contribution in [3.05, 3.63) is 218 Å². The van der Waals surface area contributed by atoms with Gasteiger partial charge >= 0.3 is 0 Å². The van der Waals surface area contributed by atoms with E-state index >= 15 is 0 Å². The predicted molar refractivity (Wildman–Crippen MR) is 260 cm³/mol. The van der Waals surface area contributed by atoms with Gasteiger partial charge < -0.3 is 4.57 Å². The van der Waals surface area contributed by atoms with E-state index in [1.54, 1.807) is 0 Å². The minimum atomic E-state index is 0.659. The van der Waals surface area contributed by atoms with E-state index in [0.29, 0.717) is 5.95 Å².